The zero-order valence-corrected chi connectivity index (χ0v) is 17.3. The van der Waals surface area contributed by atoms with Crippen LogP contribution >= 0.6 is 11.3 Å². The highest BCUT2D eigenvalue weighted by molar-refractivity contribution is 7.15. The summed E-state index contributed by atoms with van der Waals surface area (Å²) < 4.78 is 5.35. The number of aromatic nitrogens is 2. The maximum Gasteiger partial charge on any atom is 0.227 e. The number of benzene rings is 1. The van der Waals surface area contributed by atoms with E-state index >= 15 is 0 Å². The second-order valence-electron chi connectivity index (χ2n) is 7.95. The zero-order chi connectivity index (χ0) is 19.4. The van der Waals surface area contributed by atoms with Gasteiger partial charge in [0.1, 0.15) is 10.8 Å². The van der Waals surface area contributed by atoms with Crippen LogP contribution in [-0.2, 0) is 16.6 Å². The third-order valence-electron chi connectivity index (χ3n) is 4.78. The topological polar surface area (TPSA) is 67.3 Å². The molecular weight excluding hydrogens is 360 g/mol. The van der Waals surface area contributed by atoms with Crippen LogP contribution in [0.1, 0.15) is 44.2 Å². The Labute approximate surface area is 164 Å². The Morgan fingerprint density at radius 3 is 2.59 bits per heavy atom. The Bertz CT molecular complexity index is 776. The van der Waals surface area contributed by atoms with Crippen LogP contribution in [0.4, 0.5) is 5.13 Å². The van der Waals surface area contributed by atoms with Crippen LogP contribution in [0.15, 0.2) is 24.3 Å². The molecule has 2 aromatic rings. The second-order valence-corrected chi connectivity index (χ2v) is 8.93. The number of nitrogens with zero attached hydrogens (tertiary/aromatic N) is 3. The molecule has 0 aliphatic carbocycles. The summed E-state index contributed by atoms with van der Waals surface area (Å²) in [5, 5.41) is 14.0. The Hall–Kier alpha value is -2.15. The van der Waals surface area contributed by atoms with E-state index in [0.29, 0.717) is 12.5 Å². The van der Waals surface area contributed by atoms with Gasteiger partial charge >= 0.3 is 0 Å². The monoisotopic (exact) mass is 388 g/mol. The molecule has 1 amide bonds. The molecule has 3 rings (SSSR count). The number of piperidine rings is 1. The minimum atomic E-state index is 0.0197. The van der Waals surface area contributed by atoms with Crippen LogP contribution in [0.25, 0.3) is 0 Å². The molecule has 0 atom stereocenters. The van der Waals surface area contributed by atoms with Crippen LogP contribution in [0, 0.1) is 0 Å². The first-order valence-electron chi connectivity index (χ1n) is 9.37. The van der Waals surface area contributed by atoms with Crippen molar-refractivity contribution in [1.82, 2.24) is 15.1 Å². The van der Waals surface area contributed by atoms with Gasteiger partial charge in [0, 0.05) is 30.1 Å². The van der Waals surface area contributed by atoms with Gasteiger partial charge in [0.05, 0.1) is 13.5 Å². The number of methoxy groups -OCH3 is 1. The second kappa shape index (κ2) is 8.25. The highest BCUT2D eigenvalue weighted by atomic mass is 32.1. The van der Waals surface area contributed by atoms with Gasteiger partial charge < -0.3 is 15.0 Å². The Balaban J connectivity index is 1.51. The molecule has 0 saturated carbocycles. The molecule has 0 bridgehead atoms. The molecule has 0 spiro atoms. The van der Waals surface area contributed by atoms with Crippen molar-refractivity contribution in [2.75, 3.05) is 25.5 Å². The van der Waals surface area contributed by atoms with Gasteiger partial charge in [-0.1, -0.05) is 50.3 Å². The van der Waals surface area contributed by atoms with Gasteiger partial charge in [0.2, 0.25) is 11.0 Å². The van der Waals surface area contributed by atoms with Gasteiger partial charge in [-0.2, -0.15) is 0 Å². The lowest BCUT2D eigenvalue weighted by atomic mass is 9.98. The molecule has 1 aliphatic rings. The van der Waals surface area contributed by atoms with Crippen molar-refractivity contribution in [2.24, 2.45) is 0 Å². The molecule has 0 radical (unpaired) electrons. The van der Waals surface area contributed by atoms with Gasteiger partial charge in [-0.15, -0.1) is 10.2 Å². The predicted molar refractivity (Wildman–Crippen MR) is 109 cm³/mol. The fourth-order valence-electron chi connectivity index (χ4n) is 3.16. The Kier molecular flexibility index (Phi) is 5.99. The quantitative estimate of drug-likeness (QED) is 0.849. The van der Waals surface area contributed by atoms with Crippen LogP contribution in [0.3, 0.4) is 0 Å². The van der Waals surface area contributed by atoms with Gasteiger partial charge in [-0.3, -0.25) is 4.79 Å². The fourth-order valence-corrected chi connectivity index (χ4v) is 4.03. The fraction of sp³-hybridized carbons (Fsp3) is 0.550. The number of carbonyl (C=O) groups is 1. The van der Waals surface area contributed by atoms with Crippen molar-refractivity contribution >= 4 is 22.4 Å². The normalized spacial score (nSPS) is 15.6. The summed E-state index contributed by atoms with van der Waals surface area (Å²) in [4.78, 5) is 14.6. The molecule has 6 nitrogen and oxygen atoms in total. The minimum absolute atomic E-state index is 0.0197. The van der Waals surface area contributed by atoms with E-state index in [1.807, 2.05) is 29.2 Å². The molecule has 2 heterocycles. The summed E-state index contributed by atoms with van der Waals surface area (Å²) in [5.74, 6) is 0.928. The molecule has 1 aromatic heterocycles. The summed E-state index contributed by atoms with van der Waals surface area (Å²) in [6.45, 7) is 7.95. The molecule has 1 saturated heterocycles. The van der Waals surface area contributed by atoms with Crippen LogP contribution < -0.4 is 10.1 Å². The smallest absolute Gasteiger partial charge is 0.227 e. The molecule has 1 N–H and O–H groups in total. The lowest BCUT2D eigenvalue weighted by Crippen LogP contribution is -2.43. The lowest BCUT2D eigenvalue weighted by Gasteiger charge is -2.32. The standard InChI is InChI=1S/C20H28N4O2S/c1-20(2,3)18-22-23-19(27-18)21-15-9-11-24(12-10-15)17(25)13-14-7-5-6-8-16(14)26-4/h5-8,15H,9-13H2,1-4H3,(H,21,23). The first-order valence-corrected chi connectivity index (χ1v) is 10.2. The van der Waals surface area contributed by atoms with E-state index < -0.39 is 0 Å². The Morgan fingerprint density at radius 1 is 1.26 bits per heavy atom. The molecule has 1 aliphatic heterocycles. The molecule has 1 aromatic carbocycles. The number of hydrogen-bond acceptors (Lipinski definition) is 6. The number of nitrogens with one attached hydrogen (secondary N) is 1. The third-order valence-corrected chi connectivity index (χ3v) is 6.06. The van der Waals surface area contributed by atoms with Crippen LogP contribution in [-0.4, -0.2) is 47.2 Å². The van der Waals surface area contributed by atoms with Gasteiger partial charge in [-0.05, 0) is 18.9 Å². The van der Waals surface area contributed by atoms with E-state index in [-0.39, 0.29) is 11.3 Å². The summed E-state index contributed by atoms with van der Waals surface area (Å²) in [5.41, 5.74) is 0.958. The zero-order valence-electron chi connectivity index (χ0n) is 16.5. The number of anilines is 1. The first kappa shape index (κ1) is 19.6. The minimum Gasteiger partial charge on any atom is -0.496 e. The van der Waals surface area contributed by atoms with E-state index in [1.54, 1.807) is 18.4 Å². The van der Waals surface area contributed by atoms with Crippen molar-refractivity contribution in [2.45, 2.75) is 51.5 Å². The van der Waals surface area contributed by atoms with E-state index in [4.69, 9.17) is 4.74 Å². The molecule has 0 unspecified atom stereocenters. The lowest BCUT2D eigenvalue weighted by molar-refractivity contribution is -0.131. The van der Waals surface area contributed by atoms with Gasteiger partial charge in [0.15, 0.2) is 0 Å². The Morgan fingerprint density at radius 2 is 1.96 bits per heavy atom. The average Bonchev–Trinajstić information content (AvgIpc) is 3.12. The van der Waals surface area contributed by atoms with Crippen LogP contribution in [0.2, 0.25) is 0 Å². The molecule has 1 fully saturated rings. The largest absolute Gasteiger partial charge is 0.496 e. The van der Waals surface area contributed by atoms with Crippen molar-refractivity contribution in [1.29, 1.82) is 0 Å². The van der Waals surface area contributed by atoms with Gasteiger partial charge in [-0.25, -0.2) is 0 Å². The highest BCUT2D eigenvalue weighted by Gasteiger charge is 2.25. The third kappa shape index (κ3) is 4.97. The first-order chi connectivity index (χ1) is 12.9. The number of ether oxygens (including phenoxy) is 1. The number of amides is 1. The molecular formula is C20H28N4O2S. The van der Waals surface area contributed by atoms with Crippen molar-refractivity contribution < 1.29 is 9.53 Å². The number of hydrogen-bond donors (Lipinski definition) is 1. The summed E-state index contributed by atoms with van der Waals surface area (Å²) in [6.07, 6.45) is 2.22. The van der Waals surface area contributed by atoms with E-state index in [1.165, 1.54) is 0 Å². The molecule has 7 heteroatoms. The summed E-state index contributed by atoms with van der Waals surface area (Å²) in [7, 11) is 1.64. The molecule has 146 valence electrons. The van der Waals surface area contributed by atoms with E-state index in [9.17, 15) is 4.79 Å². The summed E-state index contributed by atoms with van der Waals surface area (Å²) in [6, 6.07) is 8.04. The SMILES string of the molecule is COc1ccccc1CC(=O)N1CCC(Nc2nnc(C(C)(C)C)s2)CC1. The average molecular weight is 389 g/mol. The van der Waals surface area contributed by atoms with E-state index in [0.717, 1.165) is 47.4 Å². The maximum absolute atomic E-state index is 12.6. The van der Waals surface area contributed by atoms with Crippen molar-refractivity contribution in [3.05, 3.63) is 34.8 Å². The number of likely N-dealkylation sites (tertiary alicyclic amines) is 1. The number of carbonyl (C=O) groups excluding carboxylic acids is 1. The van der Waals surface area contributed by atoms with Gasteiger partial charge in [0.25, 0.3) is 0 Å². The van der Waals surface area contributed by atoms with Crippen molar-refractivity contribution in [3.63, 3.8) is 0 Å². The summed E-state index contributed by atoms with van der Waals surface area (Å²) >= 11 is 1.62. The van der Waals surface area contributed by atoms with Crippen LogP contribution in [0.5, 0.6) is 5.75 Å². The van der Waals surface area contributed by atoms with E-state index in [2.05, 4.69) is 36.3 Å². The number of para-hydroxylation sites is 1. The maximum atomic E-state index is 12.6. The molecule has 27 heavy (non-hydrogen) atoms. The highest BCUT2D eigenvalue weighted by Crippen LogP contribution is 2.29. The predicted octanol–water partition coefficient (Wildman–Crippen LogP) is 3.49. The van der Waals surface area contributed by atoms with Crippen molar-refractivity contribution in [3.8, 4) is 5.75 Å². The number of rotatable bonds is 5.